The van der Waals surface area contributed by atoms with Crippen molar-refractivity contribution in [1.29, 1.82) is 0 Å². The van der Waals surface area contributed by atoms with Crippen LogP contribution in [-0.4, -0.2) is 26.2 Å². The van der Waals surface area contributed by atoms with Crippen LogP contribution in [0, 0.1) is 0 Å². The molecule has 0 aliphatic rings. The first-order chi connectivity index (χ1) is 17.3. The molecule has 0 fully saturated rings. The molecule has 0 amide bonds. The Balaban J connectivity index is 0.00000722. The van der Waals surface area contributed by atoms with E-state index < -0.39 is 0 Å². The summed E-state index contributed by atoms with van der Waals surface area (Å²) in [7, 11) is 0. The van der Waals surface area contributed by atoms with E-state index in [0.717, 1.165) is 26.2 Å². The molecule has 38 heavy (non-hydrogen) atoms. The molecule has 0 radical (unpaired) electrons. The third-order valence-electron chi connectivity index (χ3n) is 7.47. The van der Waals surface area contributed by atoms with E-state index >= 15 is 0 Å². The van der Waals surface area contributed by atoms with Crippen LogP contribution < -0.4 is 16.0 Å². The summed E-state index contributed by atoms with van der Waals surface area (Å²) in [6.07, 6.45) is 0. The maximum atomic E-state index is 3.80. The summed E-state index contributed by atoms with van der Waals surface area (Å²) in [6, 6.07) is 9.68. The number of hydrogen-bond acceptors (Lipinski definition) is 3. The molecule has 3 nitrogen and oxygen atoms in total. The summed E-state index contributed by atoms with van der Waals surface area (Å²) in [5.74, 6) is 3.11. The van der Waals surface area contributed by atoms with E-state index in [1.54, 1.807) is 0 Å². The van der Waals surface area contributed by atoms with Gasteiger partial charge in [0.05, 0.1) is 0 Å². The fourth-order valence-corrected chi connectivity index (χ4v) is 5.00. The minimum atomic E-state index is 0. The molecule has 2 rings (SSSR count). The first kappa shape index (κ1) is 34.5. The Bertz CT molecular complexity index is 852. The van der Waals surface area contributed by atoms with Crippen molar-refractivity contribution in [2.75, 3.05) is 36.8 Å². The summed E-state index contributed by atoms with van der Waals surface area (Å²) < 4.78 is 0. The van der Waals surface area contributed by atoms with Crippen molar-refractivity contribution in [2.45, 2.75) is 119 Å². The molecule has 2 aromatic rings. The predicted molar refractivity (Wildman–Crippen MR) is 167 cm³/mol. The fourth-order valence-electron chi connectivity index (χ4n) is 5.00. The maximum Gasteiger partial charge on any atom is 0.0411 e. The van der Waals surface area contributed by atoms with Crippen LogP contribution in [0.25, 0.3) is 0 Å². The largest absolute Gasteiger partial charge is 0.383 e. The van der Waals surface area contributed by atoms with Crippen molar-refractivity contribution >= 4 is 11.4 Å². The van der Waals surface area contributed by atoms with Gasteiger partial charge in [0, 0.05) is 54.6 Å². The monoisotopic (exact) mass is 563 g/mol. The first-order valence-electron chi connectivity index (χ1n) is 14.9. The van der Waals surface area contributed by atoms with Crippen molar-refractivity contribution in [2.24, 2.45) is 0 Å². The Hall–Kier alpha value is -1.48. The maximum absolute atomic E-state index is 3.80. The second-order valence-corrected chi connectivity index (χ2v) is 12.7. The van der Waals surface area contributed by atoms with Crippen molar-refractivity contribution < 1.29 is 17.1 Å². The summed E-state index contributed by atoms with van der Waals surface area (Å²) in [4.78, 5) is 0. The summed E-state index contributed by atoms with van der Waals surface area (Å²) in [5, 5.41) is 11.3. The van der Waals surface area contributed by atoms with Crippen LogP contribution in [-0.2, 0) is 17.1 Å². The Kier molecular flexibility index (Phi) is 14.5. The molecule has 0 spiro atoms. The summed E-state index contributed by atoms with van der Waals surface area (Å²) >= 11 is 0. The molecule has 0 aliphatic carbocycles. The van der Waals surface area contributed by atoms with Crippen LogP contribution in [0.15, 0.2) is 24.3 Å². The van der Waals surface area contributed by atoms with Gasteiger partial charge in [0.1, 0.15) is 0 Å². The average Bonchev–Trinajstić information content (AvgIpc) is 2.81. The van der Waals surface area contributed by atoms with E-state index in [0.29, 0.717) is 35.5 Å². The minimum Gasteiger partial charge on any atom is -0.383 e. The van der Waals surface area contributed by atoms with Crippen LogP contribution in [0.1, 0.15) is 152 Å². The Morgan fingerprint density at radius 1 is 0.421 bits per heavy atom. The molecule has 0 aromatic heterocycles. The molecule has 4 heteroatoms. The molecule has 2 aromatic carbocycles. The number of nitrogens with one attached hydrogen (secondary N) is 3. The van der Waals surface area contributed by atoms with Crippen LogP contribution in [0.2, 0.25) is 0 Å². The third kappa shape index (κ3) is 9.32. The molecule has 0 saturated heterocycles. The Morgan fingerprint density at radius 2 is 0.684 bits per heavy atom. The van der Waals surface area contributed by atoms with Gasteiger partial charge in [-0.2, -0.15) is 0 Å². The molecular weight excluding hydrogens is 506 g/mol. The second-order valence-electron chi connectivity index (χ2n) is 12.7. The quantitative estimate of drug-likeness (QED) is 0.158. The number of anilines is 2. The molecule has 3 N–H and O–H groups in total. The van der Waals surface area contributed by atoms with Gasteiger partial charge in [-0.05, 0) is 68.9 Å². The fraction of sp³-hybridized carbons (Fsp3) is 0.647. The van der Waals surface area contributed by atoms with Crippen LogP contribution in [0.4, 0.5) is 11.4 Å². The first-order valence-corrected chi connectivity index (χ1v) is 14.9. The Labute approximate surface area is 246 Å². The zero-order valence-corrected chi connectivity index (χ0v) is 27.6. The minimum absolute atomic E-state index is 0. The molecule has 0 atom stereocenters. The van der Waals surface area contributed by atoms with Gasteiger partial charge in [-0.1, -0.05) is 107 Å². The number of rotatable bonds is 14. The Morgan fingerprint density at radius 3 is 0.895 bits per heavy atom. The smallest absolute Gasteiger partial charge is 0.0411 e. The van der Waals surface area contributed by atoms with Gasteiger partial charge in [0.25, 0.3) is 0 Å². The van der Waals surface area contributed by atoms with Crippen molar-refractivity contribution in [3.8, 4) is 0 Å². The van der Waals surface area contributed by atoms with Crippen LogP contribution >= 0.6 is 0 Å². The SMILES string of the molecule is CC(C)c1cc(C(C)C)c(NCCNCCNc2c(C(C)C)cc(C(C)C)cc2C(C)C)c(C(C)C)c1.[Fe]. The molecular formula is C34H57FeN3. The van der Waals surface area contributed by atoms with Gasteiger partial charge in [-0.15, -0.1) is 0 Å². The van der Waals surface area contributed by atoms with E-state index in [1.807, 2.05) is 0 Å². The summed E-state index contributed by atoms with van der Waals surface area (Å²) in [6.45, 7) is 31.4. The summed E-state index contributed by atoms with van der Waals surface area (Å²) in [5.41, 5.74) is 11.4. The van der Waals surface area contributed by atoms with E-state index in [4.69, 9.17) is 0 Å². The normalized spacial score (nSPS) is 11.8. The molecule has 216 valence electrons. The van der Waals surface area contributed by atoms with Gasteiger partial charge < -0.3 is 16.0 Å². The van der Waals surface area contributed by atoms with Crippen molar-refractivity contribution in [3.63, 3.8) is 0 Å². The van der Waals surface area contributed by atoms with Crippen molar-refractivity contribution in [3.05, 3.63) is 57.6 Å². The van der Waals surface area contributed by atoms with Crippen LogP contribution in [0.5, 0.6) is 0 Å². The molecule has 0 unspecified atom stereocenters. The van der Waals surface area contributed by atoms with Gasteiger partial charge in [-0.3, -0.25) is 0 Å². The number of benzene rings is 2. The second kappa shape index (κ2) is 15.9. The molecule has 0 heterocycles. The molecule has 0 bridgehead atoms. The standard InChI is InChI=1S/C34H57N3.Fe/c1-21(2)27-17-29(23(5)6)33(30(18-27)24(7)8)36-15-13-35-14-16-37-34-31(25(9)10)19-28(22(3)4)20-32(34)26(11)12;/h17-26,35-37H,13-16H2,1-12H3;. The average molecular weight is 564 g/mol. The topological polar surface area (TPSA) is 36.1 Å². The van der Waals surface area contributed by atoms with Crippen molar-refractivity contribution in [1.82, 2.24) is 5.32 Å². The van der Waals surface area contributed by atoms with Crippen LogP contribution in [0.3, 0.4) is 0 Å². The third-order valence-corrected chi connectivity index (χ3v) is 7.47. The van der Waals surface area contributed by atoms with E-state index in [9.17, 15) is 0 Å². The zero-order chi connectivity index (χ0) is 27.9. The van der Waals surface area contributed by atoms with E-state index in [2.05, 4.69) is 123 Å². The van der Waals surface area contributed by atoms with Gasteiger partial charge in [0.2, 0.25) is 0 Å². The number of hydrogen-bond donors (Lipinski definition) is 3. The van der Waals surface area contributed by atoms with E-state index in [1.165, 1.54) is 44.8 Å². The predicted octanol–water partition coefficient (Wildman–Crippen LogP) is 9.54. The van der Waals surface area contributed by atoms with E-state index in [-0.39, 0.29) is 17.1 Å². The van der Waals surface area contributed by atoms with Gasteiger partial charge >= 0.3 is 0 Å². The van der Waals surface area contributed by atoms with Gasteiger partial charge in [-0.25, -0.2) is 0 Å². The van der Waals surface area contributed by atoms with Gasteiger partial charge in [0.15, 0.2) is 0 Å². The molecule has 0 aliphatic heterocycles. The molecule has 0 saturated carbocycles. The zero-order valence-electron chi connectivity index (χ0n) is 26.5.